The van der Waals surface area contributed by atoms with E-state index < -0.39 is 6.10 Å². The van der Waals surface area contributed by atoms with Gasteiger partial charge in [0.1, 0.15) is 0 Å². The van der Waals surface area contributed by atoms with E-state index in [2.05, 4.69) is 4.90 Å². The molecule has 120 valence electrons. The number of amides is 1. The van der Waals surface area contributed by atoms with E-state index in [4.69, 9.17) is 23.2 Å². The summed E-state index contributed by atoms with van der Waals surface area (Å²) in [4.78, 5) is 15.6. The third kappa shape index (κ3) is 3.57. The lowest BCUT2D eigenvalue weighted by atomic mass is 9.99. The van der Waals surface area contributed by atoms with Crippen molar-refractivity contribution in [2.24, 2.45) is 0 Å². The van der Waals surface area contributed by atoms with Gasteiger partial charge in [0, 0.05) is 49.2 Å². The molecular weight excluding hydrogens is 323 g/mol. The Balaban J connectivity index is 1.59. The van der Waals surface area contributed by atoms with Crippen LogP contribution in [-0.2, 0) is 17.8 Å². The third-order valence-corrected chi connectivity index (χ3v) is 4.95. The predicted octanol–water partition coefficient (Wildman–Crippen LogP) is 2.33. The average molecular weight is 343 g/mol. The fourth-order valence-electron chi connectivity index (χ4n) is 3.33. The van der Waals surface area contributed by atoms with E-state index in [0.717, 1.165) is 48.6 Å². The minimum atomic E-state index is -0.516. The van der Waals surface area contributed by atoms with Crippen LogP contribution < -0.4 is 0 Å². The van der Waals surface area contributed by atoms with Crippen LogP contribution >= 0.6 is 23.2 Å². The first-order valence-electron chi connectivity index (χ1n) is 7.68. The molecule has 0 spiro atoms. The number of β-amino-alcohol motifs (C(OH)–C–C–N with tert-alkyl or cyclic N) is 1. The monoisotopic (exact) mass is 342 g/mol. The molecule has 0 aromatic heterocycles. The van der Waals surface area contributed by atoms with Gasteiger partial charge in [0.2, 0.25) is 5.91 Å². The number of rotatable bonds is 4. The summed E-state index contributed by atoms with van der Waals surface area (Å²) in [5.41, 5.74) is 2.29. The minimum absolute atomic E-state index is 0.154. The highest BCUT2D eigenvalue weighted by Gasteiger charge is 2.25. The zero-order valence-electron chi connectivity index (χ0n) is 12.4. The maximum absolute atomic E-state index is 11.6. The van der Waals surface area contributed by atoms with Crippen molar-refractivity contribution in [2.75, 3.05) is 26.2 Å². The summed E-state index contributed by atoms with van der Waals surface area (Å²) in [6, 6.07) is 3.73. The molecule has 1 atom stereocenters. The molecule has 1 aromatic rings. The number of halogens is 2. The average Bonchev–Trinajstić information content (AvgIpc) is 2.83. The molecule has 0 saturated carbocycles. The van der Waals surface area contributed by atoms with Gasteiger partial charge in [0.05, 0.1) is 6.10 Å². The molecule has 1 fully saturated rings. The van der Waals surface area contributed by atoms with Gasteiger partial charge in [-0.25, -0.2) is 0 Å². The van der Waals surface area contributed by atoms with Crippen molar-refractivity contribution in [3.05, 3.63) is 33.3 Å². The van der Waals surface area contributed by atoms with Gasteiger partial charge in [0.25, 0.3) is 0 Å². The van der Waals surface area contributed by atoms with Crippen molar-refractivity contribution in [2.45, 2.75) is 31.9 Å². The van der Waals surface area contributed by atoms with Crippen LogP contribution in [0.25, 0.3) is 0 Å². The molecule has 0 aliphatic carbocycles. The molecule has 1 amide bonds. The van der Waals surface area contributed by atoms with Crippen LogP contribution in [-0.4, -0.2) is 53.1 Å². The number of aliphatic hydroxyl groups is 1. The molecule has 1 unspecified atom stereocenters. The lowest BCUT2D eigenvalue weighted by Gasteiger charge is -2.32. The molecule has 2 aliphatic heterocycles. The number of hydrogen-bond acceptors (Lipinski definition) is 3. The highest BCUT2D eigenvalue weighted by atomic mass is 35.5. The Bertz CT molecular complexity index is 580. The Kier molecular flexibility index (Phi) is 4.93. The van der Waals surface area contributed by atoms with Crippen molar-refractivity contribution in [1.29, 1.82) is 0 Å². The molecule has 1 aromatic carbocycles. The molecular formula is C16H20Cl2N2O2. The van der Waals surface area contributed by atoms with Crippen LogP contribution in [0.1, 0.15) is 24.0 Å². The van der Waals surface area contributed by atoms with Gasteiger partial charge in [-0.05, 0) is 36.1 Å². The van der Waals surface area contributed by atoms with E-state index in [0.29, 0.717) is 24.5 Å². The lowest BCUT2D eigenvalue weighted by molar-refractivity contribution is -0.129. The van der Waals surface area contributed by atoms with Crippen molar-refractivity contribution < 1.29 is 9.90 Å². The van der Waals surface area contributed by atoms with Gasteiger partial charge in [0.15, 0.2) is 0 Å². The summed E-state index contributed by atoms with van der Waals surface area (Å²) in [5, 5.41) is 11.6. The smallest absolute Gasteiger partial charge is 0.222 e. The van der Waals surface area contributed by atoms with E-state index in [1.54, 1.807) is 11.0 Å². The zero-order valence-corrected chi connectivity index (χ0v) is 13.9. The maximum atomic E-state index is 11.6. The first-order chi connectivity index (χ1) is 10.5. The Morgan fingerprint density at radius 2 is 2.00 bits per heavy atom. The predicted molar refractivity (Wildman–Crippen MR) is 87.3 cm³/mol. The van der Waals surface area contributed by atoms with Crippen LogP contribution in [0.5, 0.6) is 0 Å². The van der Waals surface area contributed by atoms with E-state index in [1.807, 2.05) is 6.07 Å². The number of carbonyl (C=O) groups is 1. The number of nitrogens with zero attached hydrogens (tertiary/aromatic N) is 2. The summed E-state index contributed by atoms with van der Waals surface area (Å²) in [5.74, 6) is 0.154. The summed E-state index contributed by atoms with van der Waals surface area (Å²) >= 11 is 12.3. The quantitative estimate of drug-likeness (QED) is 0.913. The molecule has 0 bridgehead atoms. The minimum Gasteiger partial charge on any atom is -0.390 e. The van der Waals surface area contributed by atoms with E-state index in [-0.39, 0.29) is 5.91 Å². The van der Waals surface area contributed by atoms with Crippen LogP contribution in [0.15, 0.2) is 12.1 Å². The Hall–Kier alpha value is -0.810. The number of aliphatic hydroxyl groups excluding tert-OH is 1. The highest BCUT2D eigenvalue weighted by Crippen LogP contribution is 2.29. The van der Waals surface area contributed by atoms with E-state index >= 15 is 0 Å². The van der Waals surface area contributed by atoms with Gasteiger partial charge < -0.3 is 10.0 Å². The van der Waals surface area contributed by atoms with Gasteiger partial charge in [-0.2, -0.15) is 0 Å². The topological polar surface area (TPSA) is 43.8 Å². The van der Waals surface area contributed by atoms with Crippen LogP contribution in [0.2, 0.25) is 10.0 Å². The fourth-order valence-corrected chi connectivity index (χ4v) is 3.96. The molecule has 0 radical (unpaired) electrons. The van der Waals surface area contributed by atoms with Gasteiger partial charge in [-0.3, -0.25) is 9.69 Å². The number of benzene rings is 1. The SMILES string of the molecule is O=C1CCCN1CC(O)CN1CCc2c(Cl)cc(Cl)cc2C1. The first-order valence-corrected chi connectivity index (χ1v) is 8.43. The lowest BCUT2D eigenvalue weighted by Crippen LogP contribution is -2.42. The van der Waals surface area contributed by atoms with Crippen molar-refractivity contribution in [3.63, 3.8) is 0 Å². The summed E-state index contributed by atoms with van der Waals surface area (Å²) in [6.07, 6.45) is 1.86. The third-order valence-electron chi connectivity index (χ3n) is 4.40. The Labute approximate surface area is 140 Å². The van der Waals surface area contributed by atoms with E-state index in [9.17, 15) is 9.90 Å². The molecule has 3 rings (SSSR count). The molecule has 22 heavy (non-hydrogen) atoms. The summed E-state index contributed by atoms with van der Waals surface area (Å²) < 4.78 is 0. The number of hydrogen-bond donors (Lipinski definition) is 1. The summed E-state index contributed by atoms with van der Waals surface area (Å²) in [6.45, 7) is 3.36. The molecule has 1 saturated heterocycles. The second-order valence-electron chi connectivity index (χ2n) is 6.11. The van der Waals surface area contributed by atoms with Crippen molar-refractivity contribution in [1.82, 2.24) is 9.80 Å². The standard InChI is InChI=1S/C16H20Cl2N2O2/c17-12-6-11-8-19(5-3-14(11)15(18)7-12)9-13(21)10-20-4-1-2-16(20)22/h6-7,13,21H,1-5,8-10H2. The van der Waals surface area contributed by atoms with Crippen LogP contribution in [0.4, 0.5) is 0 Å². The molecule has 1 N–H and O–H groups in total. The largest absolute Gasteiger partial charge is 0.390 e. The van der Waals surface area contributed by atoms with Crippen LogP contribution in [0.3, 0.4) is 0 Å². The molecule has 4 nitrogen and oxygen atoms in total. The Morgan fingerprint density at radius 3 is 2.73 bits per heavy atom. The van der Waals surface area contributed by atoms with Crippen molar-refractivity contribution >= 4 is 29.1 Å². The number of likely N-dealkylation sites (tertiary alicyclic amines) is 1. The molecule has 6 heteroatoms. The second kappa shape index (κ2) is 6.75. The molecule has 2 heterocycles. The number of carbonyl (C=O) groups excluding carboxylic acids is 1. The first kappa shape index (κ1) is 16.1. The Morgan fingerprint density at radius 1 is 1.18 bits per heavy atom. The van der Waals surface area contributed by atoms with E-state index in [1.165, 1.54) is 0 Å². The number of fused-ring (bicyclic) bond motifs is 1. The van der Waals surface area contributed by atoms with Crippen LogP contribution in [0, 0.1) is 0 Å². The maximum Gasteiger partial charge on any atom is 0.222 e. The zero-order chi connectivity index (χ0) is 15.7. The van der Waals surface area contributed by atoms with Gasteiger partial charge in [-0.15, -0.1) is 0 Å². The van der Waals surface area contributed by atoms with Crippen molar-refractivity contribution in [3.8, 4) is 0 Å². The van der Waals surface area contributed by atoms with Gasteiger partial charge in [-0.1, -0.05) is 23.2 Å². The normalized spacial score (nSPS) is 20.3. The second-order valence-corrected chi connectivity index (χ2v) is 6.95. The highest BCUT2D eigenvalue weighted by molar-refractivity contribution is 6.35. The van der Waals surface area contributed by atoms with Gasteiger partial charge >= 0.3 is 0 Å². The molecule has 2 aliphatic rings. The summed E-state index contributed by atoms with van der Waals surface area (Å²) in [7, 11) is 0. The fraction of sp³-hybridized carbons (Fsp3) is 0.562.